The van der Waals surface area contributed by atoms with Gasteiger partial charge >= 0.3 is 0 Å². The number of benzene rings is 1. The summed E-state index contributed by atoms with van der Waals surface area (Å²) >= 11 is 0. The number of nitrogens with zero attached hydrogens (tertiary/aromatic N) is 1. The molecule has 1 aliphatic carbocycles. The van der Waals surface area contributed by atoms with Crippen LogP contribution in [-0.2, 0) is 11.2 Å². The number of piperidine rings is 1. The highest BCUT2D eigenvalue weighted by Crippen LogP contribution is 2.51. The fourth-order valence-corrected chi connectivity index (χ4v) is 3.65. The smallest absolute Gasteiger partial charge is 0.223 e. The van der Waals surface area contributed by atoms with Crippen molar-refractivity contribution in [3.05, 3.63) is 35.6 Å². The predicted octanol–water partition coefficient (Wildman–Crippen LogP) is 0.0154. The molecule has 2 unspecified atom stereocenters. The molecule has 1 saturated carbocycles. The first-order chi connectivity index (χ1) is 11.1. The van der Waals surface area contributed by atoms with Gasteiger partial charge in [-0.05, 0) is 36.0 Å². The number of fused-ring (bicyclic) bond motifs is 1. The zero-order valence-electron chi connectivity index (χ0n) is 13.0. The number of β-amino-alcohol motifs (C(OH)–C–C–N with tert-alkyl or cyclic N) is 1. The molecule has 2 fully saturated rings. The Hall–Kier alpha value is -1.50. The standard InChI is InChI=1S/C17H23FN2O3/c18-12-3-1-2-11(6-12)4-5-19-17(23)16-14-8-20(9-15(14)16)7-13(22)10-21/h1-3,6,13-16,21-22H,4-5,7-10H2,(H,19,23)/t13?,14-,15+,16?. The van der Waals surface area contributed by atoms with Gasteiger partial charge in [0.15, 0.2) is 0 Å². The lowest BCUT2D eigenvalue weighted by atomic mass is 10.1. The molecule has 1 amide bonds. The van der Waals surface area contributed by atoms with Crippen molar-refractivity contribution in [2.75, 3.05) is 32.8 Å². The maximum absolute atomic E-state index is 13.1. The maximum Gasteiger partial charge on any atom is 0.223 e. The molecule has 23 heavy (non-hydrogen) atoms. The lowest BCUT2D eigenvalue weighted by molar-refractivity contribution is -0.123. The molecule has 1 aromatic carbocycles. The monoisotopic (exact) mass is 322 g/mol. The highest BCUT2D eigenvalue weighted by atomic mass is 19.1. The molecule has 0 spiro atoms. The Balaban J connectivity index is 1.37. The first-order valence-electron chi connectivity index (χ1n) is 8.12. The summed E-state index contributed by atoms with van der Waals surface area (Å²) in [7, 11) is 0. The van der Waals surface area contributed by atoms with Crippen LogP contribution in [-0.4, -0.2) is 59.9 Å². The molecule has 1 aliphatic heterocycles. The summed E-state index contributed by atoms with van der Waals surface area (Å²) in [5, 5.41) is 21.2. The number of likely N-dealkylation sites (tertiary alicyclic amines) is 1. The second-order valence-corrected chi connectivity index (χ2v) is 6.58. The molecule has 1 saturated heterocycles. The van der Waals surface area contributed by atoms with Crippen LogP contribution in [0.5, 0.6) is 0 Å². The van der Waals surface area contributed by atoms with Gasteiger partial charge < -0.3 is 20.4 Å². The van der Waals surface area contributed by atoms with Crippen molar-refractivity contribution < 1.29 is 19.4 Å². The normalized spacial score (nSPS) is 27.5. The van der Waals surface area contributed by atoms with E-state index in [4.69, 9.17) is 5.11 Å². The fraction of sp³-hybridized carbons (Fsp3) is 0.588. The average Bonchev–Trinajstić information content (AvgIpc) is 3.03. The molecule has 5 nitrogen and oxygen atoms in total. The van der Waals surface area contributed by atoms with Gasteiger partial charge in [-0.15, -0.1) is 0 Å². The summed E-state index contributed by atoms with van der Waals surface area (Å²) in [6.07, 6.45) is -0.0774. The summed E-state index contributed by atoms with van der Waals surface area (Å²) in [5.74, 6) is 0.643. The van der Waals surface area contributed by atoms with Gasteiger partial charge in [0.05, 0.1) is 12.7 Å². The van der Waals surface area contributed by atoms with Crippen LogP contribution >= 0.6 is 0 Å². The topological polar surface area (TPSA) is 72.8 Å². The number of nitrogens with one attached hydrogen (secondary N) is 1. The van der Waals surface area contributed by atoms with E-state index in [0.717, 1.165) is 18.7 Å². The van der Waals surface area contributed by atoms with Crippen molar-refractivity contribution in [3.8, 4) is 0 Å². The van der Waals surface area contributed by atoms with Crippen LogP contribution in [0.3, 0.4) is 0 Å². The number of aliphatic hydroxyl groups excluding tert-OH is 2. The zero-order valence-corrected chi connectivity index (χ0v) is 13.0. The van der Waals surface area contributed by atoms with Crippen LogP contribution in [0.2, 0.25) is 0 Å². The van der Waals surface area contributed by atoms with Crippen LogP contribution in [0.25, 0.3) is 0 Å². The lowest BCUT2D eigenvalue weighted by Gasteiger charge is -2.21. The second-order valence-electron chi connectivity index (χ2n) is 6.58. The molecule has 1 aromatic rings. The van der Waals surface area contributed by atoms with Crippen molar-refractivity contribution in [2.24, 2.45) is 17.8 Å². The van der Waals surface area contributed by atoms with Gasteiger partial charge in [-0.25, -0.2) is 4.39 Å². The number of carbonyl (C=O) groups excluding carboxylic acids is 1. The number of carbonyl (C=O) groups is 1. The van der Waals surface area contributed by atoms with E-state index in [0.29, 0.717) is 31.3 Å². The Kier molecular flexibility index (Phi) is 4.94. The largest absolute Gasteiger partial charge is 0.394 e. The molecule has 6 heteroatoms. The van der Waals surface area contributed by atoms with Crippen LogP contribution < -0.4 is 5.32 Å². The van der Waals surface area contributed by atoms with Gasteiger partial charge in [0.25, 0.3) is 0 Å². The first kappa shape index (κ1) is 16.4. The molecule has 0 bridgehead atoms. The molecule has 1 heterocycles. The average molecular weight is 322 g/mol. The third kappa shape index (κ3) is 3.88. The van der Waals surface area contributed by atoms with Crippen LogP contribution in [0.4, 0.5) is 4.39 Å². The number of hydrogen-bond donors (Lipinski definition) is 3. The number of amides is 1. The first-order valence-corrected chi connectivity index (χ1v) is 8.12. The quantitative estimate of drug-likeness (QED) is 0.661. The summed E-state index contributed by atoms with van der Waals surface area (Å²) in [6, 6.07) is 6.42. The van der Waals surface area contributed by atoms with Gasteiger partial charge in [0.2, 0.25) is 5.91 Å². The van der Waals surface area contributed by atoms with Crippen LogP contribution in [0.15, 0.2) is 24.3 Å². The molecule has 2 aliphatic rings. The Bertz CT molecular complexity index is 557. The van der Waals surface area contributed by atoms with Crippen LogP contribution in [0.1, 0.15) is 5.56 Å². The van der Waals surface area contributed by atoms with Crippen molar-refractivity contribution in [3.63, 3.8) is 0 Å². The van der Waals surface area contributed by atoms with E-state index >= 15 is 0 Å². The summed E-state index contributed by atoms with van der Waals surface area (Å²) in [5.41, 5.74) is 0.880. The van der Waals surface area contributed by atoms with Gasteiger partial charge in [-0.3, -0.25) is 4.79 Å². The summed E-state index contributed by atoms with van der Waals surface area (Å²) in [4.78, 5) is 14.3. The van der Waals surface area contributed by atoms with Gasteiger partial charge in [0.1, 0.15) is 5.82 Å². The van der Waals surface area contributed by atoms with E-state index in [-0.39, 0.29) is 24.2 Å². The van der Waals surface area contributed by atoms with Crippen molar-refractivity contribution in [1.82, 2.24) is 10.2 Å². The molecule has 3 rings (SSSR count). The Morgan fingerprint density at radius 1 is 1.39 bits per heavy atom. The summed E-state index contributed by atoms with van der Waals surface area (Å²) < 4.78 is 13.1. The third-order valence-electron chi connectivity index (χ3n) is 4.85. The molecular formula is C17H23FN2O3. The van der Waals surface area contributed by atoms with E-state index < -0.39 is 6.10 Å². The molecule has 126 valence electrons. The van der Waals surface area contributed by atoms with Crippen molar-refractivity contribution >= 4 is 5.91 Å². The molecule has 4 atom stereocenters. The third-order valence-corrected chi connectivity index (χ3v) is 4.85. The fourth-order valence-electron chi connectivity index (χ4n) is 3.65. The van der Waals surface area contributed by atoms with E-state index in [1.165, 1.54) is 12.1 Å². The molecular weight excluding hydrogens is 299 g/mol. The Morgan fingerprint density at radius 2 is 2.13 bits per heavy atom. The zero-order chi connectivity index (χ0) is 16.4. The molecule has 3 N–H and O–H groups in total. The van der Waals surface area contributed by atoms with Gasteiger partial charge in [0, 0.05) is 32.1 Å². The summed E-state index contributed by atoms with van der Waals surface area (Å²) in [6.45, 7) is 2.38. The minimum Gasteiger partial charge on any atom is -0.394 e. The maximum atomic E-state index is 13.1. The lowest BCUT2D eigenvalue weighted by Crippen LogP contribution is -2.37. The minimum absolute atomic E-state index is 0.0741. The van der Waals surface area contributed by atoms with Gasteiger partial charge in [-0.2, -0.15) is 0 Å². The number of halogens is 1. The van der Waals surface area contributed by atoms with Gasteiger partial charge in [-0.1, -0.05) is 12.1 Å². The van der Waals surface area contributed by atoms with E-state index in [9.17, 15) is 14.3 Å². The Labute approximate surface area is 135 Å². The highest BCUT2D eigenvalue weighted by molar-refractivity contribution is 5.82. The van der Waals surface area contributed by atoms with Crippen LogP contribution in [0, 0.1) is 23.6 Å². The number of hydrogen-bond acceptors (Lipinski definition) is 4. The van der Waals surface area contributed by atoms with Crippen molar-refractivity contribution in [2.45, 2.75) is 12.5 Å². The second kappa shape index (κ2) is 6.95. The van der Waals surface area contributed by atoms with E-state index in [1.807, 2.05) is 6.07 Å². The predicted molar refractivity (Wildman–Crippen MR) is 83.1 cm³/mol. The number of rotatable bonds is 7. The van der Waals surface area contributed by atoms with Crippen molar-refractivity contribution in [1.29, 1.82) is 0 Å². The SMILES string of the molecule is O=C(NCCc1cccc(F)c1)C1[C@H]2CN(CC(O)CO)C[C@@H]12. The Morgan fingerprint density at radius 3 is 2.78 bits per heavy atom. The number of aliphatic hydroxyl groups is 2. The molecule has 0 aromatic heterocycles. The minimum atomic E-state index is -0.703. The van der Waals surface area contributed by atoms with E-state index in [2.05, 4.69) is 10.2 Å². The van der Waals surface area contributed by atoms with E-state index in [1.54, 1.807) is 6.07 Å². The molecule has 0 radical (unpaired) electrons. The highest BCUT2D eigenvalue weighted by Gasteiger charge is 2.59.